The number of nitrogens with zero attached hydrogens (tertiary/aromatic N) is 5. The molecule has 1 aliphatic rings. The lowest BCUT2D eigenvalue weighted by molar-refractivity contribution is -0.143. The zero-order chi connectivity index (χ0) is 31.0. The van der Waals surface area contributed by atoms with Crippen molar-refractivity contribution in [2.45, 2.75) is 25.2 Å². The van der Waals surface area contributed by atoms with Crippen LogP contribution in [-0.2, 0) is 17.1 Å². The van der Waals surface area contributed by atoms with Crippen LogP contribution in [0.25, 0.3) is 5.82 Å². The van der Waals surface area contributed by atoms with Crippen molar-refractivity contribution >= 4 is 17.6 Å². The number of morpholine rings is 1. The van der Waals surface area contributed by atoms with Gasteiger partial charge >= 0.3 is 12.4 Å². The van der Waals surface area contributed by atoms with Crippen LogP contribution in [0.5, 0.6) is 0 Å². The number of nitrogens with one attached hydrogen (secondary N) is 1. The van der Waals surface area contributed by atoms with E-state index in [9.17, 15) is 41.2 Å². The van der Waals surface area contributed by atoms with E-state index in [1.165, 1.54) is 25.3 Å². The molecule has 0 spiro atoms. The summed E-state index contributed by atoms with van der Waals surface area (Å²) in [5.74, 6) is -3.54. The Labute approximate surface area is 234 Å². The van der Waals surface area contributed by atoms with Crippen LogP contribution < -0.4 is 11.1 Å². The number of pyridine rings is 1. The molecule has 1 aliphatic heterocycles. The third kappa shape index (κ3) is 5.73. The minimum atomic E-state index is -5.32. The molecule has 3 heterocycles. The number of nitrogens with two attached hydrogens (primary N) is 1. The summed E-state index contributed by atoms with van der Waals surface area (Å²) in [6.45, 7) is 2.64. The fourth-order valence-corrected chi connectivity index (χ4v) is 4.70. The Hall–Kier alpha value is -4.65. The second-order valence-corrected chi connectivity index (χ2v) is 9.26. The molecule has 42 heavy (non-hydrogen) atoms. The summed E-state index contributed by atoms with van der Waals surface area (Å²) in [5.41, 5.74) is 0.341. The van der Waals surface area contributed by atoms with E-state index in [-0.39, 0.29) is 34.6 Å². The molecule has 1 fully saturated rings. The molecule has 1 atom stereocenters. The molecule has 3 N–H and O–H groups in total. The van der Waals surface area contributed by atoms with Crippen LogP contribution in [0.15, 0.2) is 30.5 Å². The monoisotopic (exact) mass is 595 g/mol. The molecule has 4 rings (SSSR count). The summed E-state index contributed by atoms with van der Waals surface area (Å²) in [6.07, 6.45) is -9.31. The largest absolute Gasteiger partial charge is 0.416 e. The predicted molar refractivity (Wildman–Crippen MR) is 135 cm³/mol. The molecule has 0 bridgehead atoms. The quantitative estimate of drug-likeness (QED) is 0.429. The number of carbonyl (C=O) groups excluding carboxylic acids is 2. The van der Waals surface area contributed by atoms with Gasteiger partial charge in [0.2, 0.25) is 0 Å². The van der Waals surface area contributed by atoms with Gasteiger partial charge in [-0.15, -0.1) is 5.10 Å². The molecular formula is C26H23F6N7O3. The number of carbonyl (C=O) groups is 2. The Bertz CT molecular complexity index is 1550. The van der Waals surface area contributed by atoms with E-state index in [2.05, 4.69) is 15.4 Å². The van der Waals surface area contributed by atoms with Crippen molar-refractivity contribution in [3.63, 3.8) is 0 Å². The van der Waals surface area contributed by atoms with Crippen molar-refractivity contribution < 1.29 is 40.7 Å². The number of aromatic nitrogens is 3. The second kappa shape index (κ2) is 11.3. The van der Waals surface area contributed by atoms with Gasteiger partial charge in [-0.1, -0.05) is 6.92 Å². The maximum Gasteiger partial charge on any atom is 0.416 e. The normalized spacial score (nSPS) is 14.8. The van der Waals surface area contributed by atoms with Crippen LogP contribution in [0.3, 0.4) is 0 Å². The van der Waals surface area contributed by atoms with E-state index in [1.54, 1.807) is 11.0 Å². The van der Waals surface area contributed by atoms with Gasteiger partial charge in [0, 0.05) is 37.8 Å². The summed E-state index contributed by atoms with van der Waals surface area (Å²) in [7, 11) is 1.05. The average Bonchev–Trinajstić information content (AvgIpc) is 3.30. The average molecular weight is 596 g/mol. The molecule has 2 aromatic heterocycles. The second-order valence-electron chi connectivity index (χ2n) is 9.26. The maximum atomic E-state index is 14.3. The highest BCUT2D eigenvalue weighted by Gasteiger charge is 2.42. The summed E-state index contributed by atoms with van der Waals surface area (Å²) < 4.78 is 89.7. The minimum Gasteiger partial charge on any atom is -0.381 e. The minimum absolute atomic E-state index is 0.0504. The molecule has 3 aromatic rings. The van der Waals surface area contributed by atoms with Crippen molar-refractivity contribution in [3.05, 3.63) is 69.5 Å². The zero-order valence-electron chi connectivity index (χ0n) is 22.1. The van der Waals surface area contributed by atoms with E-state index in [0.29, 0.717) is 32.4 Å². The van der Waals surface area contributed by atoms with Crippen LogP contribution in [-0.4, -0.2) is 64.8 Å². The molecule has 2 amide bonds. The number of halogens is 6. The van der Waals surface area contributed by atoms with Gasteiger partial charge in [0.05, 0.1) is 35.6 Å². The third-order valence-corrected chi connectivity index (χ3v) is 6.70. The number of rotatable bonds is 5. The topological polar surface area (TPSA) is 139 Å². The molecule has 1 unspecified atom stereocenters. The molecule has 0 aliphatic carbocycles. The fourth-order valence-electron chi connectivity index (χ4n) is 4.70. The van der Waals surface area contributed by atoms with Crippen molar-refractivity contribution in [3.8, 4) is 11.9 Å². The molecule has 16 heteroatoms. The Morgan fingerprint density at radius 2 is 1.79 bits per heavy atom. The first-order chi connectivity index (χ1) is 19.7. The van der Waals surface area contributed by atoms with Crippen molar-refractivity contribution in [1.29, 1.82) is 5.26 Å². The van der Waals surface area contributed by atoms with Crippen LogP contribution in [0.2, 0.25) is 0 Å². The van der Waals surface area contributed by atoms with Gasteiger partial charge in [0.15, 0.2) is 11.6 Å². The number of nitrogen functional groups attached to an aromatic ring is 1. The number of hydrogen-bond acceptors (Lipinski definition) is 7. The molecule has 1 saturated heterocycles. The van der Waals surface area contributed by atoms with Gasteiger partial charge < -0.3 is 20.7 Å². The van der Waals surface area contributed by atoms with Gasteiger partial charge in [-0.25, -0.2) is 9.67 Å². The van der Waals surface area contributed by atoms with E-state index >= 15 is 0 Å². The Morgan fingerprint density at radius 3 is 2.31 bits per heavy atom. The number of ether oxygens (including phenoxy) is 1. The lowest BCUT2D eigenvalue weighted by Gasteiger charge is -2.26. The maximum absolute atomic E-state index is 14.3. The number of alkyl halides is 6. The van der Waals surface area contributed by atoms with Gasteiger partial charge in [-0.05, 0) is 29.8 Å². The third-order valence-electron chi connectivity index (χ3n) is 6.70. The first-order valence-electron chi connectivity index (χ1n) is 12.3. The van der Waals surface area contributed by atoms with E-state index in [0.717, 1.165) is 11.7 Å². The van der Waals surface area contributed by atoms with Crippen molar-refractivity contribution in [2.24, 2.45) is 0 Å². The van der Waals surface area contributed by atoms with Gasteiger partial charge in [-0.3, -0.25) is 9.59 Å². The number of amides is 2. The smallest absolute Gasteiger partial charge is 0.381 e. The molecule has 0 saturated carbocycles. The SMILES string of the molecule is CNC(=O)c1cc(C(F)(F)F)cc(C(F)(F)F)c1C(C)c1c(C#N)c(N)nn1-c1ccc(C(=O)N2CCOCC2)cn1. The zero-order valence-corrected chi connectivity index (χ0v) is 22.1. The predicted octanol–water partition coefficient (Wildman–Crippen LogP) is 3.74. The van der Waals surface area contributed by atoms with Crippen LogP contribution >= 0.6 is 0 Å². The first-order valence-corrected chi connectivity index (χ1v) is 12.3. The highest BCUT2D eigenvalue weighted by Crippen LogP contribution is 2.44. The summed E-state index contributed by atoms with van der Waals surface area (Å²) in [6, 6.07) is 4.72. The van der Waals surface area contributed by atoms with Gasteiger partial charge in [0.1, 0.15) is 11.6 Å². The highest BCUT2D eigenvalue weighted by molar-refractivity contribution is 5.96. The summed E-state index contributed by atoms with van der Waals surface area (Å²) >= 11 is 0. The van der Waals surface area contributed by atoms with Gasteiger partial charge in [0.25, 0.3) is 11.8 Å². The standard InChI is InChI=1S/C26H23F6N7O3/c1-13(20-16(23(40)35-2)9-15(25(27,28)29)10-18(20)26(30,31)32)21-17(11-33)22(34)37-39(21)19-4-3-14(12-36-19)24(41)38-5-7-42-8-6-38/h3-4,9-10,12-13H,5-8H2,1-2H3,(H2,34,37)(H,35,40). The van der Waals surface area contributed by atoms with Crippen LogP contribution in [0.4, 0.5) is 32.2 Å². The number of hydrogen-bond donors (Lipinski definition) is 2. The van der Waals surface area contributed by atoms with E-state index < -0.39 is 52.2 Å². The van der Waals surface area contributed by atoms with E-state index in [4.69, 9.17) is 10.5 Å². The molecule has 222 valence electrons. The summed E-state index contributed by atoms with van der Waals surface area (Å²) in [4.78, 5) is 31.2. The van der Waals surface area contributed by atoms with Crippen molar-refractivity contribution in [2.75, 3.05) is 39.1 Å². The number of nitriles is 1. The number of benzene rings is 1. The lowest BCUT2D eigenvalue weighted by atomic mass is 9.85. The summed E-state index contributed by atoms with van der Waals surface area (Å²) in [5, 5.41) is 15.9. The van der Waals surface area contributed by atoms with Gasteiger partial charge in [-0.2, -0.15) is 31.6 Å². The number of anilines is 1. The molecule has 10 nitrogen and oxygen atoms in total. The molecule has 1 aromatic carbocycles. The Kier molecular flexibility index (Phi) is 8.17. The molecule has 0 radical (unpaired) electrons. The van der Waals surface area contributed by atoms with Crippen LogP contribution in [0, 0.1) is 11.3 Å². The molecular weight excluding hydrogens is 572 g/mol. The highest BCUT2D eigenvalue weighted by atomic mass is 19.4. The van der Waals surface area contributed by atoms with Crippen molar-refractivity contribution in [1.82, 2.24) is 25.0 Å². The Balaban J connectivity index is 1.90. The Morgan fingerprint density at radius 1 is 1.12 bits per heavy atom. The van der Waals surface area contributed by atoms with E-state index in [1.807, 2.05) is 0 Å². The first kappa shape index (κ1) is 30.3. The fraction of sp³-hybridized carbons (Fsp3) is 0.346. The van der Waals surface area contributed by atoms with Crippen LogP contribution in [0.1, 0.15) is 61.5 Å². The lowest BCUT2D eigenvalue weighted by Crippen LogP contribution is -2.40.